The summed E-state index contributed by atoms with van der Waals surface area (Å²) in [6.45, 7) is 0.225. The van der Waals surface area contributed by atoms with Crippen LogP contribution in [0, 0.1) is 0 Å². The topological polar surface area (TPSA) is 52.6 Å². The van der Waals surface area contributed by atoms with Gasteiger partial charge >= 0.3 is 11.9 Å². The molecule has 0 unspecified atom stereocenters. The molecule has 0 saturated carbocycles. The molecular formula is C12H14O4. The number of ether oxygens (including phenoxy) is 2. The second-order valence-corrected chi connectivity index (χ2v) is 3.18. The van der Waals surface area contributed by atoms with Crippen molar-refractivity contribution in [2.45, 2.75) is 12.8 Å². The third kappa shape index (κ3) is 4.13. The van der Waals surface area contributed by atoms with Crippen LogP contribution in [0.5, 0.6) is 0 Å². The minimum Gasteiger partial charge on any atom is -0.469 e. The predicted molar refractivity (Wildman–Crippen MR) is 58.0 cm³/mol. The molecule has 1 rings (SSSR count). The van der Waals surface area contributed by atoms with Crippen LogP contribution in [0.3, 0.4) is 0 Å². The molecular weight excluding hydrogens is 208 g/mol. The summed E-state index contributed by atoms with van der Waals surface area (Å²) >= 11 is 0. The first-order valence-corrected chi connectivity index (χ1v) is 5.03. The van der Waals surface area contributed by atoms with Crippen molar-refractivity contribution < 1.29 is 19.1 Å². The molecule has 1 aromatic carbocycles. The molecule has 4 nitrogen and oxygen atoms in total. The summed E-state index contributed by atoms with van der Waals surface area (Å²) in [7, 11) is 1.33. The number of esters is 2. The van der Waals surface area contributed by atoms with Crippen LogP contribution in [0.4, 0.5) is 0 Å². The van der Waals surface area contributed by atoms with Gasteiger partial charge in [-0.2, -0.15) is 0 Å². The average Bonchev–Trinajstić information content (AvgIpc) is 2.35. The number of hydrogen-bond donors (Lipinski definition) is 0. The summed E-state index contributed by atoms with van der Waals surface area (Å²) in [5, 5.41) is 0. The van der Waals surface area contributed by atoms with Crippen molar-refractivity contribution in [1.82, 2.24) is 0 Å². The van der Waals surface area contributed by atoms with Crippen LogP contribution >= 0.6 is 0 Å². The lowest BCUT2D eigenvalue weighted by Gasteiger charge is -2.03. The summed E-state index contributed by atoms with van der Waals surface area (Å²) in [6.07, 6.45) is 0.740. The first-order valence-electron chi connectivity index (χ1n) is 5.03. The van der Waals surface area contributed by atoms with Crippen LogP contribution in [0.25, 0.3) is 0 Å². The maximum absolute atomic E-state index is 11.4. The molecule has 0 amide bonds. The Balaban J connectivity index is 2.24. The van der Waals surface area contributed by atoms with E-state index in [1.54, 1.807) is 24.3 Å². The molecule has 0 aliphatic rings. The molecule has 0 aromatic heterocycles. The lowest BCUT2D eigenvalue weighted by Crippen LogP contribution is -2.08. The molecule has 0 spiro atoms. The number of carbonyl (C=O) groups excluding carboxylic acids is 2. The zero-order valence-corrected chi connectivity index (χ0v) is 9.14. The zero-order chi connectivity index (χ0) is 11.8. The van der Waals surface area contributed by atoms with E-state index in [4.69, 9.17) is 4.74 Å². The van der Waals surface area contributed by atoms with Crippen molar-refractivity contribution in [3.8, 4) is 0 Å². The van der Waals surface area contributed by atoms with Gasteiger partial charge in [-0.05, 0) is 18.6 Å². The van der Waals surface area contributed by atoms with E-state index in [1.807, 2.05) is 6.07 Å². The Kier molecular flexibility index (Phi) is 5.05. The quantitative estimate of drug-likeness (QED) is 0.563. The van der Waals surface area contributed by atoms with Crippen LogP contribution < -0.4 is 0 Å². The summed E-state index contributed by atoms with van der Waals surface area (Å²) in [5.41, 5.74) is 0.514. The highest BCUT2D eigenvalue weighted by Gasteiger charge is 2.06. The van der Waals surface area contributed by atoms with Crippen LogP contribution in [-0.2, 0) is 14.3 Å². The third-order valence-electron chi connectivity index (χ3n) is 2.00. The van der Waals surface area contributed by atoms with Gasteiger partial charge in [0.25, 0.3) is 0 Å². The molecule has 0 N–H and O–H groups in total. The van der Waals surface area contributed by atoms with E-state index in [0.717, 1.165) is 0 Å². The van der Waals surface area contributed by atoms with Crippen molar-refractivity contribution in [1.29, 1.82) is 0 Å². The Morgan fingerprint density at radius 1 is 1.19 bits per heavy atom. The molecule has 86 valence electrons. The van der Waals surface area contributed by atoms with Crippen molar-refractivity contribution in [3.05, 3.63) is 35.9 Å². The first kappa shape index (κ1) is 12.2. The van der Waals surface area contributed by atoms with Gasteiger partial charge in [0.15, 0.2) is 0 Å². The molecule has 0 saturated heterocycles. The molecule has 0 radical (unpaired) electrons. The second-order valence-electron chi connectivity index (χ2n) is 3.18. The fourth-order valence-electron chi connectivity index (χ4n) is 1.14. The maximum atomic E-state index is 11.4. The molecule has 0 bridgehead atoms. The first-order chi connectivity index (χ1) is 7.74. The summed E-state index contributed by atoms with van der Waals surface area (Å²) in [4.78, 5) is 22.2. The summed E-state index contributed by atoms with van der Waals surface area (Å²) < 4.78 is 9.44. The van der Waals surface area contributed by atoms with E-state index in [-0.39, 0.29) is 25.0 Å². The highest BCUT2D eigenvalue weighted by atomic mass is 16.5. The monoisotopic (exact) mass is 222 g/mol. The maximum Gasteiger partial charge on any atom is 0.338 e. The number of methoxy groups -OCH3 is 1. The van der Waals surface area contributed by atoms with Crippen LogP contribution in [0.1, 0.15) is 23.2 Å². The second kappa shape index (κ2) is 6.61. The molecule has 1 aromatic rings. The Bertz CT molecular complexity index is 345. The van der Waals surface area contributed by atoms with Gasteiger partial charge in [-0.15, -0.1) is 0 Å². The normalized spacial score (nSPS) is 9.56. The van der Waals surface area contributed by atoms with Gasteiger partial charge in [-0.1, -0.05) is 18.2 Å². The standard InChI is InChI=1S/C12H14O4/c1-15-11(13)8-5-9-16-12(14)10-6-3-2-4-7-10/h2-4,6-7H,5,8-9H2,1H3. The zero-order valence-electron chi connectivity index (χ0n) is 9.14. The number of carbonyl (C=O) groups is 2. The highest BCUT2D eigenvalue weighted by Crippen LogP contribution is 2.02. The number of hydrogen-bond acceptors (Lipinski definition) is 4. The fourth-order valence-corrected chi connectivity index (χ4v) is 1.14. The average molecular weight is 222 g/mol. The van der Waals surface area contributed by atoms with Gasteiger partial charge in [0.1, 0.15) is 0 Å². The van der Waals surface area contributed by atoms with E-state index in [0.29, 0.717) is 12.0 Å². The van der Waals surface area contributed by atoms with Gasteiger partial charge in [0.05, 0.1) is 19.3 Å². The number of benzene rings is 1. The molecule has 16 heavy (non-hydrogen) atoms. The highest BCUT2D eigenvalue weighted by molar-refractivity contribution is 5.89. The van der Waals surface area contributed by atoms with Crippen molar-refractivity contribution in [2.75, 3.05) is 13.7 Å². The fraction of sp³-hybridized carbons (Fsp3) is 0.333. The predicted octanol–water partition coefficient (Wildman–Crippen LogP) is 1.80. The van der Waals surface area contributed by atoms with E-state index in [1.165, 1.54) is 7.11 Å². The van der Waals surface area contributed by atoms with E-state index in [2.05, 4.69) is 4.74 Å². The lowest BCUT2D eigenvalue weighted by molar-refractivity contribution is -0.140. The Labute approximate surface area is 94.2 Å². The van der Waals surface area contributed by atoms with E-state index in [9.17, 15) is 9.59 Å². The van der Waals surface area contributed by atoms with Gasteiger partial charge in [0, 0.05) is 6.42 Å². The Hall–Kier alpha value is -1.84. The van der Waals surface area contributed by atoms with Crippen LogP contribution in [0.2, 0.25) is 0 Å². The Morgan fingerprint density at radius 2 is 1.88 bits per heavy atom. The summed E-state index contributed by atoms with van der Waals surface area (Å²) in [5.74, 6) is -0.666. The van der Waals surface area contributed by atoms with E-state index < -0.39 is 0 Å². The van der Waals surface area contributed by atoms with E-state index >= 15 is 0 Å². The molecule has 4 heteroatoms. The number of rotatable bonds is 5. The van der Waals surface area contributed by atoms with Crippen LogP contribution in [-0.4, -0.2) is 25.7 Å². The van der Waals surface area contributed by atoms with Gasteiger partial charge < -0.3 is 9.47 Å². The summed E-state index contributed by atoms with van der Waals surface area (Å²) in [6, 6.07) is 8.73. The van der Waals surface area contributed by atoms with Crippen molar-refractivity contribution >= 4 is 11.9 Å². The largest absolute Gasteiger partial charge is 0.469 e. The van der Waals surface area contributed by atoms with Gasteiger partial charge in [0.2, 0.25) is 0 Å². The van der Waals surface area contributed by atoms with Gasteiger partial charge in [-0.25, -0.2) is 4.79 Å². The smallest absolute Gasteiger partial charge is 0.338 e. The molecule has 0 fully saturated rings. The molecule has 0 aliphatic heterocycles. The van der Waals surface area contributed by atoms with Crippen molar-refractivity contribution in [3.63, 3.8) is 0 Å². The Morgan fingerprint density at radius 3 is 2.50 bits per heavy atom. The van der Waals surface area contributed by atoms with Crippen LogP contribution in [0.15, 0.2) is 30.3 Å². The SMILES string of the molecule is COC(=O)CCCOC(=O)c1ccccc1. The molecule has 0 aliphatic carbocycles. The van der Waals surface area contributed by atoms with Gasteiger partial charge in [-0.3, -0.25) is 4.79 Å². The minimum absolute atomic E-state index is 0.225. The lowest BCUT2D eigenvalue weighted by atomic mass is 10.2. The van der Waals surface area contributed by atoms with Crippen molar-refractivity contribution in [2.24, 2.45) is 0 Å². The molecule has 0 atom stereocenters. The molecule has 0 heterocycles. The minimum atomic E-state index is -0.370. The third-order valence-corrected chi connectivity index (χ3v) is 2.00.